The monoisotopic (exact) mass is 342 g/mol. The molecular weight excluding hydrogens is 328 g/mol. The van der Waals surface area contributed by atoms with Gasteiger partial charge < -0.3 is 5.32 Å². The topological polar surface area (TPSA) is 42.7 Å². The van der Waals surface area contributed by atoms with Crippen molar-refractivity contribution in [2.24, 2.45) is 7.05 Å². The van der Waals surface area contributed by atoms with Crippen molar-refractivity contribution in [2.45, 2.75) is 19.4 Å². The maximum atomic E-state index is 6.03. The van der Waals surface area contributed by atoms with E-state index >= 15 is 0 Å². The standard InChI is InChI=1S/C13H16BrClN4/c1-3-16-13(7-10-8-19(2)18-17-10)9-4-5-12(15)11(14)6-9/h4-6,8,13,16H,3,7H2,1-2H3. The van der Waals surface area contributed by atoms with E-state index in [1.165, 1.54) is 5.56 Å². The van der Waals surface area contributed by atoms with Crippen molar-refractivity contribution in [3.05, 3.63) is 45.1 Å². The van der Waals surface area contributed by atoms with Gasteiger partial charge in [0, 0.05) is 30.2 Å². The van der Waals surface area contributed by atoms with E-state index in [9.17, 15) is 0 Å². The molecule has 0 saturated carbocycles. The fourth-order valence-electron chi connectivity index (χ4n) is 1.98. The molecule has 1 heterocycles. The zero-order chi connectivity index (χ0) is 13.8. The predicted octanol–water partition coefficient (Wildman–Crippen LogP) is 3.12. The molecule has 4 nitrogen and oxygen atoms in total. The third-order valence-electron chi connectivity index (χ3n) is 2.86. The molecule has 0 saturated heterocycles. The summed E-state index contributed by atoms with van der Waals surface area (Å²) >= 11 is 9.50. The Bertz CT molecular complexity index is 555. The minimum Gasteiger partial charge on any atom is -0.310 e. The van der Waals surface area contributed by atoms with Crippen LogP contribution in [0.4, 0.5) is 0 Å². The van der Waals surface area contributed by atoms with E-state index in [0.29, 0.717) is 0 Å². The fraction of sp³-hybridized carbons (Fsp3) is 0.385. The highest BCUT2D eigenvalue weighted by molar-refractivity contribution is 9.10. The molecule has 0 fully saturated rings. The van der Waals surface area contributed by atoms with Crippen LogP contribution in [0.2, 0.25) is 5.02 Å². The van der Waals surface area contributed by atoms with Gasteiger partial charge in [0.1, 0.15) is 0 Å². The predicted molar refractivity (Wildman–Crippen MR) is 80.3 cm³/mol. The minimum absolute atomic E-state index is 0.204. The van der Waals surface area contributed by atoms with Gasteiger partial charge in [-0.15, -0.1) is 5.10 Å². The van der Waals surface area contributed by atoms with Crippen LogP contribution in [0.15, 0.2) is 28.9 Å². The normalized spacial score (nSPS) is 12.6. The molecule has 0 aliphatic rings. The van der Waals surface area contributed by atoms with E-state index in [-0.39, 0.29) is 6.04 Å². The number of nitrogens with one attached hydrogen (secondary N) is 1. The van der Waals surface area contributed by atoms with E-state index in [1.807, 2.05) is 31.4 Å². The highest BCUT2D eigenvalue weighted by Gasteiger charge is 2.14. The van der Waals surface area contributed by atoms with E-state index in [4.69, 9.17) is 11.6 Å². The molecule has 1 aromatic heterocycles. The van der Waals surface area contributed by atoms with Crippen molar-refractivity contribution in [3.63, 3.8) is 0 Å². The van der Waals surface area contributed by atoms with Gasteiger partial charge in [0.05, 0.1) is 10.7 Å². The molecule has 0 bridgehead atoms. The molecular formula is C13H16BrClN4. The Morgan fingerprint density at radius 3 is 2.84 bits per heavy atom. The van der Waals surface area contributed by atoms with Crippen molar-refractivity contribution in [3.8, 4) is 0 Å². The van der Waals surface area contributed by atoms with E-state index in [2.05, 4.69) is 38.5 Å². The summed E-state index contributed by atoms with van der Waals surface area (Å²) in [5, 5.41) is 12.3. The lowest BCUT2D eigenvalue weighted by molar-refractivity contribution is 0.543. The molecule has 0 aliphatic carbocycles. The average Bonchev–Trinajstić information content (AvgIpc) is 2.78. The van der Waals surface area contributed by atoms with Crippen LogP contribution in [0.25, 0.3) is 0 Å². The molecule has 2 rings (SSSR count). The van der Waals surface area contributed by atoms with E-state index in [1.54, 1.807) is 4.68 Å². The van der Waals surface area contributed by atoms with Crippen molar-refractivity contribution in [1.29, 1.82) is 0 Å². The Balaban J connectivity index is 2.21. The summed E-state index contributed by atoms with van der Waals surface area (Å²) in [5.41, 5.74) is 2.16. The smallest absolute Gasteiger partial charge is 0.0845 e. The van der Waals surface area contributed by atoms with Crippen LogP contribution in [0, 0.1) is 0 Å². The number of hydrogen-bond acceptors (Lipinski definition) is 3. The molecule has 1 aromatic carbocycles. The van der Waals surface area contributed by atoms with Crippen LogP contribution in [-0.2, 0) is 13.5 Å². The zero-order valence-electron chi connectivity index (χ0n) is 10.9. The van der Waals surface area contributed by atoms with Crippen molar-refractivity contribution in [2.75, 3.05) is 6.54 Å². The third-order valence-corrected chi connectivity index (χ3v) is 4.07. The summed E-state index contributed by atoms with van der Waals surface area (Å²) in [7, 11) is 1.87. The maximum absolute atomic E-state index is 6.03. The van der Waals surface area contributed by atoms with Crippen LogP contribution in [0.1, 0.15) is 24.2 Å². The van der Waals surface area contributed by atoms with Crippen LogP contribution in [0.5, 0.6) is 0 Å². The largest absolute Gasteiger partial charge is 0.310 e. The Morgan fingerprint density at radius 2 is 2.26 bits per heavy atom. The van der Waals surface area contributed by atoms with Gasteiger partial charge in [-0.2, -0.15) is 0 Å². The molecule has 6 heteroatoms. The molecule has 2 aromatic rings. The molecule has 0 aliphatic heterocycles. The zero-order valence-corrected chi connectivity index (χ0v) is 13.2. The van der Waals surface area contributed by atoms with Gasteiger partial charge >= 0.3 is 0 Å². The van der Waals surface area contributed by atoms with E-state index in [0.717, 1.165) is 28.2 Å². The van der Waals surface area contributed by atoms with E-state index < -0.39 is 0 Å². The molecule has 0 amide bonds. The summed E-state index contributed by atoms with van der Waals surface area (Å²) < 4.78 is 2.63. The molecule has 1 atom stereocenters. The number of aromatic nitrogens is 3. The van der Waals surface area contributed by atoms with Gasteiger partial charge in [0.15, 0.2) is 0 Å². The first-order valence-electron chi connectivity index (χ1n) is 6.13. The van der Waals surface area contributed by atoms with Crippen LogP contribution in [-0.4, -0.2) is 21.5 Å². The number of halogens is 2. The van der Waals surface area contributed by atoms with Crippen molar-refractivity contribution in [1.82, 2.24) is 20.3 Å². The number of hydrogen-bond donors (Lipinski definition) is 1. The second-order valence-electron chi connectivity index (χ2n) is 4.37. The number of likely N-dealkylation sites (N-methyl/N-ethyl adjacent to an activating group) is 1. The summed E-state index contributed by atoms with van der Waals surface area (Å²) in [4.78, 5) is 0. The lowest BCUT2D eigenvalue weighted by atomic mass is 10.0. The highest BCUT2D eigenvalue weighted by Crippen LogP contribution is 2.27. The molecule has 19 heavy (non-hydrogen) atoms. The summed E-state index contributed by atoms with van der Waals surface area (Å²) in [6.07, 6.45) is 2.74. The van der Waals surface area contributed by atoms with Gasteiger partial charge in [-0.1, -0.05) is 29.8 Å². The quantitative estimate of drug-likeness (QED) is 0.907. The summed E-state index contributed by atoms with van der Waals surface area (Å²) in [5.74, 6) is 0. The number of benzene rings is 1. The lowest BCUT2D eigenvalue weighted by Gasteiger charge is -2.17. The minimum atomic E-state index is 0.204. The summed E-state index contributed by atoms with van der Waals surface area (Å²) in [6, 6.07) is 6.19. The molecule has 0 radical (unpaired) electrons. The fourth-order valence-corrected chi connectivity index (χ4v) is 2.50. The van der Waals surface area contributed by atoms with Gasteiger partial charge in [-0.3, -0.25) is 4.68 Å². The average molecular weight is 344 g/mol. The molecule has 1 N–H and O–H groups in total. The Hall–Kier alpha value is -0.910. The van der Waals surface area contributed by atoms with Gasteiger partial charge in [-0.25, -0.2) is 0 Å². The SMILES string of the molecule is CCNC(Cc1cn(C)nn1)c1ccc(Cl)c(Br)c1. The first kappa shape index (κ1) is 14.5. The van der Waals surface area contributed by atoms with Gasteiger partial charge in [0.25, 0.3) is 0 Å². The van der Waals surface area contributed by atoms with Crippen molar-refractivity contribution >= 4 is 27.5 Å². The van der Waals surface area contributed by atoms with Crippen molar-refractivity contribution < 1.29 is 0 Å². The molecule has 1 unspecified atom stereocenters. The lowest BCUT2D eigenvalue weighted by Crippen LogP contribution is -2.23. The van der Waals surface area contributed by atoms with Gasteiger partial charge in [0.2, 0.25) is 0 Å². The second-order valence-corrected chi connectivity index (χ2v) is 5.63. The first-order chi connectivity index (χ1) is 9.10. The number of nitrogens with zero attached hydrogens (tertiary/aromatic N) is 3. The Morgan fingerprint density at radius 1 is 1.47 bits per heavy atom. The third kappa shape index (κ3) is 3.78. The van der Waals surface area contributed by atoms with Gasteiger partial charge in [-0.05, 0) is 40.2 Å². The molecule has 0 spiro atoms. The van der Waals surface area contributed by atoms with Crippen LogP contribution >= 0.6 is 27.5 Å². The highest BCUT2D eigenvalue weighted by atomic mass is 79.9. The number of rotatable bonds is 5. The first-order valence-corrected chi connectivity index (χ1v) is 7.30. The summed E-state index contributed by atoms with van der Waals surface area (Å²) in [6.45, 7) is 2.99. The second kappa shape index (κ2) is 6.50. The maximum Gasteiger partial charge on any atom is 0.0845 e. The Labute approximate surface area is 126 Å². The van der Waals surface area contributed by atoms with Crippen LogP contribution in [0.3, 0.4) is 0 Å². The Kier molecular flexibility index (Phi) is 4.96. The van der Waals surface area contributed by atoms with Crippen LogP contribution < -0.4 is 5.32 Å². The number of aryl methyl sites for hydroxylation is 1. The molecule has 102 valence electrons.